The van der Waals surface area contributed by atoms with Gasteiger partial charge in [-0.3, -0.25) is 0 Å². The summed E-state index contributed by atoms with van der Waals surface area (Å²) in [4.78, 5) is 12.2. The highest BCUT2D eigenvalue weighted by atomic mass is 35.5. The monoisotopic (exact) mass is 271 g/mol. The lowest BCUT2D eigenvalue weighted by Gasteiger charge is -2.08. The summed E-state index contributed by atoms with van der Waals surface area (Å²) in [5.41, 5.74) is 5.55. The van der Waals surface area contributed by atoms with E-state index in [1.807, 2.05) is 24.3 Å². The molecule has 19 heavy (non-hydrogen) atoms. The zero-order chi connectivity index (χ0) is 13.2. The number of benzene rings is 1. The second-order valence-corrected chi connectivity index (χ2v) is 4.39. The molecule has 3 N–H and O–H groups in total. The average molecular weight is 272 g/mol. The summed E-state index contributed by atoms with van der Waals surface area (Å²) in [5.74, 6) is 1.48. The minimum Gasteiger partial charge on any atom is -0.368 e. The maximum Gasteiger partial charge on any atom is 0.221 e. The standard InChI is InChI=1S/C13H10ClN5/c14-9-2-1-8-3-5-16-12(10(8)7-9)18-11-4-6-17-13(15)19-11/h1-7H,(H3,15,16,17,18,19). The summed E-state index contributed by atoms with van der Waals surface area (Å²) in [7, 11) is 0. The number of halogens is 1. The third kappa shape index (κ3) is 2.41. The summed E-state index contributed by atoms with van der Waals surface area (Å²) in [6.07, 6.45) is 3.31. The number of nitrogen functional groups attached to an aromatic ring is 1. The van der Waals surface area contributed by atoms with Crippen molar-refractivity contribution in [3.8, 4) is 0 Å². The van der Waals surface area contributed by atoms with E-state index < -0.39 is 0 Å². The van der Waals surface area contributed by atoms with E-state index in [9.17, 15) is 0 Å². The molecule has 0 unspecified atom stereocenters. The van der Waals surface area contributed by atoms with Gasteiger partial charge in [0.15, 0.2) is 0 Å². The van der Waals surface area contributed by atoms with E-state index in [4.69, 9.17) is 17.3 Å². The van der Waals surface area contributed by atoms with E-state index in [1.165, 1.54) is 0 Å². The molecule has 0 atom stereocenters. The Labute approximate surface area is 114 Å². The summed E-state index contributed by atoms with van der Waals surface area (Å²) in [5, 5.41) is 5.74. The fourth-order valence-electron chi connectivity index (χ4n) is 1.80. The van der Waals surface area contributed by atoms with Crippen LogP contribution in [0.1, 0.15) is 0 Å². The van der Waals surface area contributed by atoms with Crippen LogP contribution in [0.2, 0.25) is 5.02 Å². The molecule has 0 fully saturated rings. The molecule has 0 saturated carbocycles. The maximum absolute atomic E-state index is 6.02. The van der Waals surface area contributed by atoms with Crippen molar-refractivity contribution in [2.45, 2.75) is 0 Å². The predicted molar refractivity (Wildman–Crippen MR) is 76.5 cm³/mol. The van der Waals surface area contributed by atoms with Crippen LogP contribution in [0.5, 0.6) is 0 Å². The van der Waals surface area contributed by atoms with Crippen LogP contribution in [-0.4, -0.2) is 15.0 Å². The molecule has 0 amide bonds. The highest BCUT2D eigenvalue weighted by Crippen LogP contribution is 2.26. The summed E-state index contributed by atoms with van der Waals surface area (Å²) in [6.45, 7) is 0. The lowest BCUT2D eigenvalue weighted by Crippen LogP contribution is -2.00. The van der Waals surface area contributed by atoms with Gasteiger partial charge in [-0.2, -0.15) is 4.98 Å². The SMILES string of the molecule is Nc1nccc(Nc2nccc3ccc(Cl)cc23)n1. The Morgan fingerprint density at radius 1 is 1.05 bits per heavy atom. The molecule has 0 bridgehead atoms. The van der Waals surface area contributed by atoms with Crippen molar-refractivity contribution in [3.05, 3.63) is 47.7 Å². The van der Waals surface area contributed by atoms with Gasteiger partial charge in [0.2, 0.25) is 5.95 Å². The van der Waals surface area contributed by atoms with Crippen molar-refractivity contribution in [1.82, 2.24) is 15.0 Å². The first-order valence-corrected chi connectivity index (χ1v) is 6.00. The molecular weight excluding hydrogens is 262 g/mol. The Balaban J connectivity index is 2.07. The van der Waals surface area contributed by atoms with Crippen molar-refractivity contribution in [2.24, 2.45) is 0 Å². The van der Waals surface area contributed by atoms with Gasteiger partial charge in [-0.05, 0) is 29.7 Å². The minimum absolute atomic E-state index is 0.211. The van der Waals surface area contributed by atoms with Crippen LogP contribution >= 0.6 is 11.6 Å². The molecule has 0 radical (unpaired) electrons. The third-order valence-electron chi connectivity index (χ3n) is 2.65. The summed E-state index contributed by atoms with van der Waals surface area (Å²) < 4.78 is 0. The van der Waals surface area contributed by atoms with Crippen molar-refractivity contribution >= 4 is 40.0 Å². The second kappa shape index (κ2) is 4.70. The molecule has 94 valence electrons. The van der Waals surface area contributed by atoms with Gasteiger partial charge in [0.25, 0.3) is 0 Å². The number of nitrogens with two attached hydrogens (primary N) is 1. The van der Waals surface area contributed by atoms with Gasteiger partial charge in [0.05, 0.1) is 0 Å². The molecule has 6 heteroatoms. The van der Waals surface area contributed by atoms with Crippen molar-refractivity contribution in [1.29, 1.82) is 0 Å². The number of anilines is 3. The highest BCUT2D eigenvalue weighted by Gasteiger charge is 2.04. The van der Waals surface area contributed by atoms with Crippen LogP contribution in [0.4, 0.5) is 17.6 Å². The normalized spacial score (nSPS) is 10.6. The van der Waals surface area contributed by atoms with E-state index in [-0.39, 0.29) is 5.95 Å². The fourth-order valence-corrected chi connectivity index (χ4v) is 1.98. The number of hydrogen-bond acceptors (Lipinski definition) is 5. The van der Waals surface area contributed by atoms with E-state index in [0.717, 1.165) is 10.8 Å². The molecule has 3 aromatic rings. The van der Waals surface area contributed by atoms with Gasteiger partial charge in [-0.25, -0.2) is 9.97 Å². The van der Waals surface area contributed by atoms with Gasteiger partial charge >= 0.3 is 0 Å². The largest absolute Gasteiger partial charge is 0.368 e. The van der Waals surface area contributed by atoms with Gasteiger partial charge < -0.3 is 11.1 Å². The van der Waals surface area contributed by atoms with Crippen LogP contribution < -0.4 is 11.1 Å². The lowest BCUT2D eigenvalue weighted by atomic mass is 10.1. The van der Waals surface area contributed by atoms with Gasteiger partial charge in [-0.1, -0.05) is 17.7 Å². The van der Waals surface area contributed by atoms with Crippen LogP contribution in [0, 0.1) is 0 Å². The van der Waals surface area contributed by atoms with E-state index in [1.54, 1.807) is 18.5 Å². The molecule has 1 aromatic carbocycles. The lowest BCUT2D eigenvalue weighted by molar-refractivity contribution is 1.18. The predicted octanol–water partition coefficient (Wildman–Crippen LogP) is 3.00. The quantitative estimate of drug-likeness (QED) is 0.749. The number of pyridine rings is 1. The third-order valence-corrected chi connectivity index (χ3v) is 2.88. The summed E-state index contributed by atoms with van der Waals surface area (Å²) >= 11 is 6.02. The number of rotatable bonds is 2. The smallest absolute Gasteiger partial charge is 0.221 e. The summed E-state index contributed by atoms with van der Waals surface area (Å²) in [6, 6.07) is 9.29. The first-order valence-electron chi connectivity index (χ1n) is 5.62. The number of nitrogens with one attached hydrogen (secondary N) is 1. The Morgan fingerprint density at radius 2 is 1.89 bits per heavy atom. The molecule has 3 rings (SSSR count). The van der Waals surface area contributed by atoms with Crippen LogP contribution in [0.25, 0.3) is 10.8 Å². The fraction of sp³-hybridized carbons (Fsp3) is 0. The van der Waals surface area contributed by atoms with Gasteiger partial charge in [0.1, 0.15) is 11.6 Å². The number of hydrogen-bond donors (Lipinski definition) is 2. The molecule has 0 aliphatic heterocycles. The first-order chi connectivity index (χ1) is 9.22. The minimum atomic E-state index is 0.211. The molecular formula is C13H10ClN5. The molecule has 2 heterocycles. The highest BCUT2D eigenvalue weighted by molar-refractivity contribution is 6.31. The van der Waals surface area contributed by atoms with Crippen molar-refractivity contribution in [2.75, 3.05) is 11.1 Å². The van der Waals surface area contributed by atoms with Crippen molar-refractivity contribution < 1.29 is 0 Å². The van der Waals surface area contributed by atoms with Crippen LogP contribution in [-0.2, 0) is 0 Å². The number of aromatic nitrogens is 3. The Kier molecular flexibility index (Phi) is 2.89. The van der Waals surface area contributed by atoms with Crippen LogP contribution in [0.15, 0.2) is 42.7 Å². The van der Waals surface area contributed by atoms with Crippen LogP contribution in [0.3, 0.4) is 0 Å². The molecule has 2 aromatic heterocycles. The maximum atomic E-state index is 6.02. The molecule has 0 saturated heterocycles. The molecule has 0 spiro atoms. The van der Waals surface area contributed by atoms with Gasteiger partial charge in [-0.15, -0.1) is 0 Å². The topological polar surface area (TPSA) is 76.7 Å². The number of fused-ring (bicyclic) bond motifs is 1. The molecule has 0 aliphatic carbocycles. The zero-order valence-corrected chi connectivity index (χ0v) is 10.6. The molecule has 0 aliphatic rings. The van der Waals surface area contributed by atoms with E-state index in [0.29, 0.717) is 16.7 Å². The Morgan fingerprint density at radius 3 is 2.74 bits per heavy atom. The Bertz CT molecular complexity index is 744. The number of nitrogens with zero attached hydrogens (tertiary/aromatic N) is 3. The first kappa shape index (κ1) is 11.7. The van der Waals surface area contributed by atoms with E-state index in [2.05, 4.69) is 20.3 Å². The average Bonchev–Trinajstić information content (AvgIpc) is 2.39. The van der Waals surface area contributed by atoms with E-state index >= 15 is 0 Å². The molecule has 5 nitrogen and oxygen atoms in total. The second-order valence-electron chi connectivity index (χ2n) is 3.95. The zero-order valence-electron chi connectivity index (χ0n) is 9.84. The van der Waals surface area contributed by atoms with Crippen molar-refractivity contribution in [3.63, 3.8) is 0 Å². The Hall–Kier alpha value is -2.40. The van der Waals surface area contributed by atoms with Gasteiger partial charge in [0, 0.05) is 22.8 Å².